The minimum atomic E-state index is -4.55. The zero-order chi connectivity index (χ0) is 16.4. The van der Waals surface area contributed by atoms with Crippen LogP contribution in [0.3, 0.4) is 0 Å². The smallest absolute Gasteiger partial charge is 0.375 e. The van der Waals surface area contributed by atoms with Gasteiger partial charge < -0.3 is 5.73 Å². The quantitative estimate of drug-likeness (QED) is 0.637. The lowest BCUT2D eigenvalue weighted by molar-refractivity contribution is -0.137. The first-order valence-corrected chi connectivity index (χ1v) is 6.39. The van der Waals surface area contributed by atoms with Crippen LogP contribution in [-0.2, 0) is 11.0 Å². The molecule has 0 saturated heterocycles. The number of hydrogen-bond acceptors (Lipinski definition) is 3. The van der Waals surface area contributed by atoms with E-state index >= 15 is 0 Å². The second kappa shape index (κ2) is 6.44. The molecule has 116 valence electrons. The summed E-state index contributed by atoms with van der Waals surface area (Å²) in [7, 11) is 1.43. The van der Waals surface area contributed by atoms with Crippen LogP contribution in [0.15, 0.2) is 12.3 Å². The van der Waals surface area contributed by atoms with Crippen molar-refractivity contribution in [3.63, 3.8) is 0 Å². The Morgan fingerprint density at radius 2 is 2.14 bits per heavy atom. The van der Waals surface area contributed by atoms with Gasteiger partial charge in [-0.2, -0.15) is 13.2 Å². The Kier molecular flexibility index (Phi) is 5.35. The standard InChI is InChI=1S/C11H12ClF3N4OS/c1-5(9(20)18-19(2)10(16)21)8-7(12)3-6(4-17-8)11(13,14)15/h3-5H,1-2H3,(H2,16,21)(H,18,20). The van der Waals surface area contributed by atoms with Gasteiger partial charge in [0.1, 0.15) is 0 Å². The Morgan fingerprint density at radius 3 is 2.57 bits per heavy atom. The molecular weight excluding hydrogens is 329 g/mol. The lowest BCUT2D eigenvalue weighted by Gasteiger charge is -2.21. The average Bonchev–Trinajstić information content (AvgIpc) is 2.36. The van der Waals surface area contributed by atoms with Gasteiger partial charge in [0.15, 0.2) is 5.11 Å². The van der Waals surface area contributed by atoms with Crippen LogP contribution in [0.25, 0.3) is 0 Å². The van der Waals surface area contributed by atoms with Crippen molar-refractivity contribution in [3.05, 3.63) is 28.5 Å². The third kappa shape index (κ3) is 4.43. The maximum atomic E-state index is 12.5. The maximum Gasteiger partial charge on any atom is 0.417 e. The van der Waals surface area contributed by atoms with Gasteiger partial charge in [0.05, 0.1) is 22.2 Å². The molecule has 0 aromatic carbocycles. The van der Waals surface area contributed by atoms with Crippen LogP contribution >= 0.6 is 23.8 Å². The van der Waals surface area contributed by atoms with Crippen LogP contribution in [0.4, 0.5) is 13.2 Å². The first-order valence-electron chi connectivity index (χ1n) is 5.60. The monoisotopic (exact) mass is 340 g/mol. The van der Waals surface area contributed by atoms with E-state index in [4.69, 9.17) is 17.3 Å². The zero-order valence-electron chi connectivity index (χ0n) is 11.0. The molecular formula is C11H12ClF3N4OS. The predicted molar refractivity (Wildman–Crippen MR) is 75.4 cm³/mol. The second-order valence-corrected chi connectivity index (χ2v) is 5.01. The summed E-state index contributed by atoms with van der Waals surface area (Å²) in [5.74, 6) is -1.43. The molecule has 0 aliphatic heterocycles. The van der Waals surface area contributed by atoms with E-state index < -0.39 is 23.6 Å². The number of carbonyl (C=O) groups is 1. The number of amides is 1. The van der Waals surface area contributed by atoms with Crippen LogP contribution in [0, 0.1) is 0 Å². The number of thiocarbonyl (C=S) groups is 1. The van der Waals surface area contributed by atoms with Crippen molar-refractivity contribution in [3.8, 4) is 0 Å². The molecule has 5 nitrogen and oxygen atoms in total. The number of rotatable bonds is 2. The Bertz CT molecular complexity index is 567. The normalized spacial score (nSPS) is 12.7. The predicted octanol–water partition coefficient (Wildman–Crippen LogP) is 2.06. The highest BCUT2D eigenvalue weighted by Gasteiger charge is 2.32. The van der Waals surface area contributed by atoms with E-state index in [1.807, 2.05) is 0 Å². The lowest BCUT2D eigenvalue weighted by Crippen LogP contribution is -2.47. The van der Waals surface area contributed by atoms with E-state index in [1.54, 1.807) is 0 Å². The number of nitrogens with one attached hydrogen (secondary N) is 1. The summed E-state index contributed by atoms with van der Waals surface area (Å²) in [6, 6.07) is 0.727. The average molecular weight is 341 g/mol. The fourth-order valence-corrected chi connectivity index (χ4v) is 1.74. The first kappa shape index (κ1) is 17.4. The fraction of sp³-hybridized carbons (Fsp3) is 0.364. The van der Waals surface area contributed by atoms with Crippen molar-refractivity contribution in [1.29, 1.82) is 0 Å². The summed E-state index contributed by atoms with van der Waals surface area (Å²) >= 11 is 10.4. The second-order valence-electron chi connectivity index (χ2n) is 4.18. The Balaban J connectivity index is 2.95. The Labute approximate surface area is 129 Å². The number of alkyl halides is 3. The summed E-state index contributed by atoms with van der Waals surface area (Å²) in [5.41, 5.74) is 6.70. The van der Waals surface area contributed by atoms with Crippen molar-refractivity contribution < 1.29 is 18.0 Å². The summed E-state index contributed by atoms with van der Waals surface area (Å²) in [6.45, 7) is 1.45. The van der Waals surface area contributed by atoms with E-state index in [-0.39, 0.29) is 15.8 Å². The number of nitrogens with two attached hydrogens (primary N) is 1. The number of hydrogen-bond donors (Lipinski definition) is 2. The molecule has 0 bridgehead atoms. The fourth-order valence-electron chi connectivity index (χ4n) is 1.36. The molecule has 0 aliphatic carbocycles. The van der Waals surface area contributed by atoms with Crippen LogP contribution in [0.5, 0.6) is 0 Å². The third-order valence-electron chi connectivity index (χ3n) is 2.61. The summed E-state index contributed by atoms with van der Waals surface area (Å²) < 4.78 is 37.5. The van der Waals surface area contributed by atoms with E-state index in [2.05, 4.69) is 22.6 Å². The van der Waals surface area contributed by atoms with E-state index in [9.17, 15) is 18.0 Å². The minimum Gasteiger partial charge on any atom is -0.375 e. The van der Waals surface area contributed by atoms with Gasteiger partial charge in [-0.05, 0) is 25.2 Å². The molecule has 1 heterocycles. The summed E-state index contributed by atoms with van der Waals surface area (Å²) in [5, 5.41) is 0.791. The Hall–Kier alpha value is -1.61. The lowest BCUT2D eigenvalue weighted by atomic mass is 10.1. The molecule has 10 heteroatoms. The van der Waals surface area contributed by atoms with Crippen molar-refractivity contribution in [2.45, 2.75) is 19.0 Å². The highest BCUT2D eigenvalue weighted by molar-refractivity contribution is 7.80. The molecule has 1 unspecified atom stereocenters. The topological polar surface area (TPSA) is 71.2 Å². The molecule has 1 aromatic rings. The van der Waals surface area contributed by atoms with Gasteiger partial charge in [0, 0.05) is 13.2 Å². The van der Waals surface area contributed by atoms with Gasteiger partial charge in [-0.3, -0.25) is 20.2 Å². The van der Waals surface area contributed by atoms with Crippen LogP contribution in [-0.4, -0.2) is 28.1 Å². The third-order valence-corrected chi connectivity index (χ3v) is 3.19. The van der Waals surface area contributed by atoms with Gasteiger partial charge >= 0.3 is 6.18 Å². The number of halogens is 4. The molecule has 0 spiro atoms. The molecule has 3 N–H and O–H groups in total. The minimum absolute atomic E-state index is 0.0264. The van der Waals surface area contributed by atoms with Gasteiger partial charge in [-0.1, -0.05) is 11.6 Å². The van der Waals surface area contributed by atoms with Gasteiger partial charge in [0.2, 0.25) is 5.91 Å². The van der Waals surface area contributed by atoms with E-state index in [1.165, 1.54) is 14.0 Å². The number of nitrogens with zero attached hydrogens (tertiary/aromatic N) is 2. The molecule has 0 saturated carbocycles. The maximum absolute atomic E-state index is 12.5. The zero-order valence-corrected chi connectivity index (χ0v) is 12.6. The SMILES string of the molecule is CC(C(=O)NN(C)C(N)=S)c1ncc(C(F)(F)F)cc1Cl. The van der Waals surface area contributed by atoms with Gasteiger partial charge in [0.25, 0.3) is 0 Å². The molecule has 0 fully saturated rings. The number of hydrazine groups is 1. The molecule has 1 atom stereocenters. The van der Waals surface area contributed by atoms with E-state index in [0.29, 0.717) is 6.20 Å². The van der Waals surface area contributed by atoms with Gasteiger partial charge in [-0.15, -0.1) is 0 Å². The molecule has 0 radical (unpaired) electrons. The molecule has 1 aromatic heterocycles. The molecule has 1 amide bonds. The molecule has 0 aliphatic rings. The van der Waals surface area contributed by atoms with Crippen LogP contribution in [0.2, 0.25) is 5.02 Å². The van der Waals surface area contributed by atoms with Crippen molar-refractivity contribution in [1.82, 2.24) is 15.4 Å². The number of carbonyl (C=O) groups excluding carboxylic acids is 1. The summed E-state index contributed by atoms with van der Waals surface area (Å²) in [6.07, 6.45) is -3.92. The van der Waals surface area contributed by atoms with Crippen molar-refractivity contribution in [2.75, 3.05) is 7.05 Å². The van der Waals surface area contributed by atoms with E-state index in [0.717, 1.165) is 11.1 Å². The van der Waals surface area contributed by atoms with Crippen LogP contribution < -0.4 is 11.2 Å². The number of aromatic nitrogens is 1. The van der Waals surface area contributed by atoms with Gasteiger partial charge in [-0.25, -0.2) is 0 Å². The number of pyridine rings is 1. The first-order chi connectivity index (χ1) is 9.54. The van der Waals surface area contributed by atoms with Crippen molar-refractivity contribution in [2.24, 2.45) is 5.73 Å². The highest BCUT2D eigenvalue weighted by atomic mass is 35.5. The Morgan fingerprint density at radius 1 is 1.57 bits per heavy atom. The van der Waals surface area contributed by atoms with Crippen molar-refractivity contribution >= 4 is 34.8 Å². The van der Waals surface area contributed by atoms with Crippen LogP contribution in [0.1, 0.15) is 24.1 Å². The highest BCUT2D eigenvalue weighted by Crippen LogP contribution is 2.32. The summed E-state index contributed by atoms with van der Waals surface area (Å²) in [4.78, 5) is 15.5. The molecule has 1 rings (SSSR count). The molecule has 21 heavy (non-hydrogen) atoms. The largest absolute Gasteiger partial charge is 0.417 e.